The molecule has 1 amide bonds. The number of nitrogens with zero attached hydrogens (tertiary/aromatic N) is 4. The van der Waals surface area contributed by atoms with Gasteiger partial charge in [0.2, 0.25) is 0 Å². The van der Waals surface area contributed by atoms with Crippen LogP contribution in [0.1, 0.15) is 29.3 Å². The number of hydrazone groups is 1. The Labute approximate surface area is 180 Å². The van der Waals surface area contributed by atoms with Crippen LogP contribution in [-0.4, -0.2) is 37.9 Å². The standard InChI is InChI=1S/C20H17BrClN5O2/c21-15-5-1-13(2-6-15)18-9-19(27(25-18)20(28)10-22)14-3-7-17(8-4-14)29-12-16-11-23-26-24-16/h1-8,11,19H,9-10,12H2,(H,23,24,26). The van der Waals surface area contributed by atoms with Crippen LogP contribution in [0.2, 0.25) is 0 Å². The fourth-order valence-corrected chi connectivity index (χ4v) is 3.50. The largest absolute Gasteiger partial charge is 0.487 e. The molecule has 0 bridgehead atoms. The Balaban J connectivity index is 1.51. The third-order valence-corrected chi connectivity index (χ3v) is 5.33. The monoisotopic (exact) mass is 473 g/mol. The summed E-state index contributed by atoms with van der Waals surface area (Å²) in [4.78, 5) is 12.4. The van der Waals surface area contributed by atoms with Crippen molar-refractivity contribution in [2.75, 3.05) is 5.88 Å². The second kappa shape index (κ2) is 8.75. The van der Waals surface area contributed by atoms with E-state index >= 15 is 0 Å². The zero-order chi connectivity index (χ0) is 20.2. The number of aromatic amines is 1. The molecular weight excluding hydrogens is 458 g/mol. The third kappa shape index (κ3) is 4.49. The Bertz CT molecular complexity index is 1010. The first-order valence-corrected chi connectivity index (χ1v) is 10.3. The van der Waals surface area contributed by atoms with Crippen molar-refractivity contribution in [2.45, 2.75) is 19.1 Å². The number of benzene rings is 2. The number of carbonyl (C=O) groups excluding carboxylic acids is 1. The van der Waals surface area contributed by atoms with E-state index in [0.29, 0.717) is 18.8 Å². The first kappa shape index (κ1) is 19.6. The van der Waals surface area contributed by atoms with Gasteiger partial charge in [0.25, 0.3) is 5.91 Å². The molecule has 7 nitrogen and oxygen atoms in total. The number of hydrogen-bond donors (Lipinski definition) is 1. The van der Waals surface area contributed by atoms with Gasteiger partial charge in [0, 0.05) is 17.1 Å². The highest BCUT2D eigenvalue weighted by Crippen LogP contribution is 2.34. The minimum absolute atomic E-state index is 0.119. The molecule has 29 heavy (non-hydrogen) atoms. The molecule has 2 heterocycles. The van der Waals surface area contributed by atoms with E-state index in [0.717, 1.165) is 27.0 Å². The molecule has 0 spiro atoms. The summed E-state index contributed by atoms with van der Waals surface area (Å²) in [5, 5.41) is 16.2. The van der Waals surface area contributed by atoms with Crippen molar-refractivity contribution >= 4 is 39.1 Å². The molecule has 2 aromatic carbocycles. The molecule has 1 aromatic heterocycles. The molecule has 148 valence electrons. The van der Waals surface area contributed by atoms with Crippen molar-refractivity contribution in [3.05, 3.63) is 76.0 Å². The normalized spacial score (nSPS) is 16.0. The lowest BCUT2D eigenvalue weighted by atomic mass is 9.98. The first-order chi connectivity index (χ1) is 14.1. The van der Waals surface area contributed by atoms with Crippen molar-refractivity contribution in [3.8, 4) is 5.75 Å². The SMILES string of the molecule is O=C(CCl)N1N=C(c2ccc(Br)cc2)CC1c1ccc(OCc2c[nH]nn2)cc1. The quantitative estimate of drug-likeness (QED) is 0.546. The van der Waals surface area contributed by atoms with Crippen LogP contribution in [0.15, 0.2) is 64.3 Å². The fraction of sp³-hybridized carbons (Fsp3) is 0.200. The number of aromatic nitrogens is 3. The molecule has 4 rings (SSSR count). The first-order valence-electron chi connectivity index (χ1n) is 8.93. The van der Waals surface area contributed by atoms with Crippen LogP contribution >= 0.6 is 27.5 Å². The van der Waals surface area contributed by atoms with Crippen LogP contribution in [0.25, 0.3) is 0 Å². The Morgan fingerprint density at radius 2 is 1.97 bits per heavy atom. The number of nitrogens with one attached hydrogen (secondary N) is 1. The molecule has 3 aromatic rings. The van der Waals surface area contributed by atoms with Crippen LogP contribution in [-0.2, 0) is 11.4 Å². The van der Waals surface area contributed by atoms with Crippen molar-refractivity contribution in [1.29, 1.82) is 0 Å². The second-order valence-electron chi connectivity index (χ2n) is 6.47. The number of amides is 1. The Kier molecular flexibility index (Phi) is 5.92. The molecule has 0 fully saturated rings. The van der Waals surface area contributed by atoms with E-state index < -0.39 is 0 Å². The smallest absolute Gasteiger partial charge is 0.258 e. The zero-order valence-corrected chi connectivity index (χ0v) is 17.6. The highest BCUT2D eigenvalue weighted by molar-refractivity contribution is 9.10. The van der Waals surface area contributed by atoms with E-state index in [1.807, 2.05) is 48.5 Å². The van der Waals surface area contributed by atoms with Crippen LogP contribution < -0.4 is 4.74 Å². The van der Waals surface area contributed by atoms with E-state index in [9.17, 15) is 4.79 Å². The predicted molar refractivity (Wildman–Crippen MR) is 113 cm³/mol. The number of ether oxygens (including phenoxy) is 1. The van der Waals surface area contributed by atoms with Crippen LogP contribution in [0, 0.1) is 0 Å². The maximum absolute atomic E-state index is 12.4. The number of rotatable bonds is 6. The summed E-state index contributed by atoms with van der Waals surface area (Å²) in [6.45, 7) is 0.326. The summed E-state index contributed by atoms with van der Waals surface area (Å²) in [7, 11) is 0. The van der Waals surface area contributed by atoms with Crippen LogP contribution in [0.3, 0.4) is 0 Å². The van der Waals surface area contributed by atoms with E-state index in [4.69, 9.17) is 16.3 Å². The Morgan fingerprint density at radius 3 is 2.62 bits per heavy atom. The number of halogens is 2. The van der Waals surface area contributed by atoms with Gasteiger partial charge in [-0.25, -0.2) is 5.01 Å². The zero-order valence-electron chi connectivity index (χ0n) is 15.3. The summed E-state index contributed by atoms with van der Waals surface area (Å²) in [6, 6.07) is 15.3. The van der Waals surface area contributed by atoms with Crippen LogP contribution in [0.4, 0.5) is 0 Å². The lowest BCUT2D eigenvalue weighted by Gasteiger charge is -2.21. The van der Waals surface area contributed by atoms with Gasteiger partial charge in [-0.3, -0.25) is 9.89 Å². The van der Waals surface area contributed by atoms with E-state index in [2.05, 4.69) is 36.4 Å². The number of carbonyl (C=O) groups is 1. The van der Waals surface area contributed by atoms with Gasteiger partial charge in [0.05, 0.1) is 11.8 Å². The van der Waals surface area contributed by atoms with Crippen molar-refractivity contribution < 1.29 is 9.53 Å². The molecule has 0 saturated heterocycles. The van der Waals surface area contributed by atoms with Gasteiger partial charge in [0.15, 0.2) is 0 Å². The van der Waals surface area contributed by atoms with Gasteiger partial charge in [0.1, 0.15) is 23.9 Å². The third-order valence-electron chi connectivity index (χ3n) is 4.58. The van der Waals surface area contributed by atoms with Gasteiger partial charge in [-0.1, -0.05) is 45.4 Å². The highest BCUT2D eigenvalue weighted by atomic mass is 79.9. The molecule has 1 aliphatic heterocycles. The minimum Gasteiger partial charge on any atom is -0.487 e. The molecule has 1 N–H and O–H groups in total. The van der Waals surface area contributed by atoms with E-state index in [1.54, 1.807) is 6.20 Å². The summed E-state index contributed by atoms with van der Waals surface area (Å²) in [5.41, 5.74) is 3.52. The molecular formula is C20H17BrClN5O2. The molecule has 0 radical (unpaired) electrons. The molecule has 0 aliphatic carbocycles. The van der Waals surface area contributed by atoms with Gasteiger partial charge in [-0.2, -0.15) is 5.10 Å². The Hall–Kier alpha value is -2.71. The summed E-state index contributed by atoms with van der Waals surface area (Å²) in [5.74, 6) is 0.362. The van der Waals surface area contributed by atoms with Crippen LogP contribution in [0.5, 0.6) is 5.75 Å². The van der Waals surface area contributed by atoms with Crippen molar-refractivity contribution in [2.24, 2.45) is 5.10 Å². The summed E-state index contributed by atoms with van der Waals surface area (Å²) < 4.78 is 6.70. The average molecular weight is 475 g/mol. The van der Waals surface area contributed by atoms with Gasteiger partial charge < -0.3 is 4.74 Å². The molecule has 1 unspecified atom stereocenters. The maximum atomic E-state index is 12.4. The number of alkyl halides is 1. The minimum atomic E-state index is -0.227. The Morgan fingerprint density at radius 1 is 1.21 bits per heavy atom. The number of H-pyrrole nitrogens is 1. The average Bonchev–Trinajstić information content (AvgIpc) is 3.43. The van der Waals surface area contributed by atoms with E-state index in [-0.39, 0.29) is 17.8 Å². The molecule has 0 saturated carbocycles. The lowest BCUT2D eigenvalue weighted by Crippen LogP contribution is -2.27. The van der Waals surface area contributed by atoms with Gasteiger partial charge in [-0.15, -0.1) is 16.7 Å². The van der Waals surface area contributed by atoms with E-state index in [1.165, 1.54) is 5.01 Å². The maximum Gasteiger partial charge on any atom is 0.258 e. The number of hydrogen-bond acceptors (Lipinski definition) is 5. The molecule has 9 heteroatoms. The summed E-state index contributed by atoms with van der Waals surface area (Å²) in [6.07, 6.45) is 2.30. The second-order valence-corrected chi connectivity index (χ2v) is 7.65. The lowest BCUT2D eigenvalue weighted by molar-refractivity contribution is -0.130. The van der Waals surface area contributed by atoms with Gasteiger partial charge in [-0.05, 0) is 35.4 Å². The predicted octanol–water partition coefficient (Wildman–Crippen LogP) is 4.06. The van der Waals surface area contributed by atoms with Crippen molar-refractivity contribution in [3.63, 3.8) is 0 Å². The topological polar surface area (TPSA) is 83.5 Å². The molecule has 1 aliphatic rings. The van der Waals surface area contributed by atoms with Gasteiger partial charge >= 0.3 is 0 Å². The van der Waals surface area contributed by atoms with Crippen molar-refractivity contribution in [1.82, 2.24) is 20.4 Å². The summed E-state index contributed by atoms with van der Waals surface area (Å²) >= 11 is 9.25. The highest BCUT2D eigenvalue weighted by Gasteiger charge is 2.32. The molecule has 1 atom stereocenters. The fourth-order valence-electron chi connectivity index (χ4n) is 3.12.